The lowest BCUT2D eigenvalue weighted by Crippen LogP contribution is -2.00. The van der Waals surface area contributed by atoms with Crippen LogP contribution in [0.1, 0.15) is 13.8 Å². The van der Waals surface area contributed by atoms with Crippen LogP contribution in [0.25, 0.3) is 0 Å². The molecule has 0 atom stereocenters. The number of carbonyl (C=O) groups is 1. The van der Waals surface area contributed by atoms with E-state index in [1.54, 1.807) is 0 Å². The average molecular weight is 200 g/mol. The van der Waals surface area contributed by atoms with E-state index in [1.165, 1.54) is 0 Å². The van der Waals surface area contributed by atoms with Crippen LogP contribution in [0.2, 0.25) is 0 Å². The van der Waals surface area contributed by atoms with E-state index in [0.717, 1.165) is 13.7 Å². The van der Waals surface area contributed by atoms with Crippen molar-refractivity contribution in [1.29, 1.82) is 0 Å². The van der Waals surface area contributed by atoms with Gasteiger partial charge >= 0.3 is 6.16 Å². The lowest BCUT2D eigenvalue weighted by atomic mass is 10.2. The zero-order valence-corrected chi connectivity index (χ0v) is 8.67. The van der Waals surface area contributed by atoms with Gasteiger partial charge in [0, 0.05) is 18.9 Å². The zero-order valence-electron chi connectivity index (χ0n) is 8.67. The number of methoxy groups -OCH3 is 1. The van der Waals surface area contributed by atoms with Gasteiger partial charge in [0.05, 0.1) is 13.4 Å². The maximum absolute atomic E-state index is 9.15. The molecule has 0 aromatic carbocycles. The molecule has 1 N–H and O–H groups in total. The topological polar surface area (TPSA) is 64.4 Å². The summed E-state index contributed by atoms with van der Waals surface area (Å²) in [6, 6.07) is 0. The van der Waals surface area contributed by atoms with Gasteiger partial charge in [-0.3, -0.25) is 0 Å². The second-order valence-corrected chi connectivity index (χ2v) is 3.12. The van der Waals surface area contributed by atoms with Crippen LogP contribution in [0.5, 0.6) is 0 Å². The Bertz CT molecular complexity index is 245. The molecule has 0 saturated heterocycles. The fourth-order valence-electron chi connectivity index (χ4n) is 0.816. The van der Waals surface area contributed by atoms with Crippen LogP contribution in [0.3, 0.4) is 0 Å². The van der Waals surface area contributed by atoms with Gasteiger partial charge in [-0.05, 0) is 5.92 Å². The minimum atomic E-state index is -1.25. The fraction of sp³-hybridized carbons (Fsp3) is 0.556. The minimum Gasteiger partial charge on any atom is -0.450 e. The summed E-state index contributed by atoms with van der Waals surface area (Å²) in [5.41, 5.74) is 0. The van der Waals surface area contributed by atoms with Crippen molar-refractivity contribution in [3.05, 3.63) is 18.7 Å². The Balaban J connectivity index is 0.000000292. The maximum Gasteiger partial charge on any atom is 0.505 e. The Hall–Kier alpha value is -1.52. The number of carboxylic acid groups (broad SMARTS) is 1. The number of ether oxygens (including phenoxy) is 1. The van der Waals surface area contributed by atoms with Crippen molar-refractivity contribution in [2.45, 2.75) is 20.4 Å². The minimum absolute atomic E-state index is 0.708. The lowest BCUT2D eigenvalue weighted by Gasteiger charge is -2.03. The number of nitrogens with zero attached hydrogens (tertiary/aromatic N) is 2. The highest BCUT2D eigenvalue weighted by Gasteiger charge is 1.92. The Labute approximate surface area is 83.3 Å². The van der Waals surface area contributed by atoms with Gasteiger partial charge in [0.1, 0.15) is 0 Å². The van der Waals surface area contributed by atoms with Gasteiger partial charge in [-0.2, -0.15) is 0 Å². The molecule has 0 saturated carbocycles. The Kier molecular flexibility index (Phi) is 6.19. The van der Waals surface area contributed by atoms with Crippen LogP contribution < -0.4 is 0 Å². The van der Waals surface area contributed by atoms with E-state index in [1.807, 2.05) is 18.7 Å². The third kappa shape index (κ3) is 7.15. The standard InChI is InChI=1S/C7H12N2.C2H4O3/c1-7(2)5-9-4-3-8-6-9;1-5-2(3)4/h3-4,6-7H,5H2,1-2H3;1H3,(H,3,4). The van der Waals surface area contributed by atoms with Crippen LogP contribution in [0, 0.1) is 5.92 Å². The lowest BCUT2D eigenvalue weighted by molar-refractivity contribution is 0.114. The molecule has 5 nitrogen and oxygen atoms in total. The van der Waals surface area contributed by atoms with Gasteiger partial charge in [0.25, 0.3) is 0 Å². The monoisotopic (exact) mass is 200 g/mol. The van der Waals surface area contributed by atoms with Crippen molar-refractivity contribution in [3.63, 3.8) is 0 Å². The normalized spacial score (nSPS) is 9.14. The molecule has 0 amide bonds. The molecule has 1 heterocycles. The van der Waals surface area contributed by atoms with E-state index in [0.29, 0.717) is 5.92 Å². The highest BCUT2D eigenvalue weighted by molar-refractivity contribution is 5.56. The number of imidazole rings is 1. The van der Waals surface area contributed by atoms with Gasteiger partial charge in [0.2, 0.25) is 0 Å². The summed E-state index contributed by atoms with van der Waals surface area (Å²) in [6.45, 7) is 5.46. The molecule has 0 unspecified atom stereocenters. The van der Waals surface area contributed by atoms with Crippen LogP contribution in [0.15, 0.2) is 18.7 Å². The zero-order chi connectivity index (χ0) is 11.0. The SMILES string of the molecule is CC(C)Cn1ccnc1.COC(=O)O. The molecule has 0 fully saturated rings. The van der Waals surface area contributed by atoms with Crippen molar-refractivity contribution < 1.29 is 14.6 Å². The molecule has 0 aliphatic rings. The van der Waals surface area contributed by atoms with Gasteiger partial charge in [-0.15, -0.1) is 0 Å². The summed E-state index contributed by atoms with van der Waals surface area (Å²) in [7, 11) is 1.10. The summed E-state index contributed by atoms with van der Waals surface area (Å²) >= 11 is 0. The van der Waals surface area contributed by atoms with Crippen LogP contribution >= 0.6 is 0 Å². The van der Waals surface area contributed by atoms with Crippen molar-refractivity contribution in [1.82, 2.24) is 9.55 Å². The number of rotatable bonds is 2. The second kappa shape index (κ2) is 6.94. The molecule has 14 heavy (non-hydrogen) atoms. The molecule has 0 aliphatic carbocycles. The summed E-state index contributed by atoms with van der Waals surface area (Å²) in [4.78, 5) is 13.1. The first-order valence-corrected chi connectivity index (χ1v) is 4.29. The second-order valence-electron chi connectivity index (χ2n) is 3.12. The van der Waals surface area contributed by atoms with Gasteiger partial charge in [0.15, 0.2) is 0 Å². The summed E-state index contributed by atoms with van der Waals surface area (Å²) in [5, 5.41) is 7.50. The Morgan fingerprint density at radius 2 is 2.21 bits per heavy atom. The molecule has 0 bridgehead atoms. The van der Waals surface area contributed by atoms with Crippen molar-refractivity contribution >= 4 is 6.16 Å². The van der Waals surface area contributed by atoms with Crippen molar-refractivity contribution in [2.24, 2.45) is 5.92 Å². The first kappa shape index (κ1) is 12.5. The summed E-state index contributed by atoms with van der Waals surface area (Å²) < 4.78 is 5.75. The van der Waals surface area contributed by atoms with E-state index >= 15 is 0 Å². The molecule has 80 valence electrons. The van der Waals surface area contributed by atoms with Crippen molar-refractivity contribution in [2.75, 3.05) is 7.11 Å². The summed E-state index contributed by atoms with van der Waals surface area (Å²) in [5.74, 6) is 0.708. The third-order valence-corrected chi connectivity index (χ3v) is 1.31. The third-order valence-electron chi connectivity index (χ3n) is 1.31. The van der Waals surface area contributed by atoms with Crippen LogP contribution in [-0.4, -0.2) is 27.9 Å². The largest absolute Gasteiger partial charge is 0.505 e. The van der Waals surface area contributed by atoms with E-state index in [9.17, 15) is 0 Å². The van der Waals surface area contributed by atoms with Crippen molar-refractivity contribution in [3.8, 4) is 0 Å². The molecule has 0 radical (unpaired) electrons. The van der Waals surface area contributed by atoms with Crippen LogP contribution in [0.4, 0.5) is 4.79 Å². The molecular weight excluding hydrogens is 184 g/mol. The number of aromatic nitrogens is 2. The summed E-state index contributed by atoms with van der Waals surface area (Å²) in [6.07, 6.45) is 4.40. The maximum atomic E-state index is 9.15. The molecular formula is C9H16N2O3. The fourth-order valence-corrected chi connectivity index (χ4v) is 0.816. The molecule has 1 aromatic heterocycles. The quantitative estimate of drug-likeness (QED) is 0.740. The van der Waals surface area contributed by atoms with E-state index in [-0.39, 0.29) is 0 Å². The van der Waals surface area contributed by atoms with Gasteiger partial charge in [-0.1, -0.05) is 13.8 Å². The van der Waals surface area contributed by atoms with E-state index < -0.39 is 6.16 Å². The highest BCUT2D eigenvalue weighted by Crippen LogP contribution is 1.96. The Morgan fingerprint density at radius 3 is 2.50 bits per heavy atom. The molecule has 1 rings (SSSR count). The first-order chi connectivity index (χ1) is 6.56. The highest BCUT2D eigenvalue weighted by atomic mass is 16.6. The molecule has 0 aliphatic heterocycles. The number of hydrogen-bond acceptors (Lipinski definition) is 3. The first-order valence-electron chi connectivity index (χ1n) is 4.29. The van der Waals surface area contributed by atoms with Gasteiger partial charge in [-0.25, -0.2) is 9.78 Å². The van der Waals surface area contributed by atoms with E-state index in [4.69, 9.17) is 9.90 Å². The number of hydrogen-bond donors (Lipinski definition) is 1. The predicted octanol–water partition coefficient (Wildman–Crippen LogP) is 1.85. The molecule has 5 heteroatoms. The predicted molar refractivity (Wildman–Crippen MR) is 52.1 cm³/mol. The van der Waals surface area contributed by atoms with Gasteiger partial charge < -0.3 is 14.4 Å². The molecule has 0 spiro atoms. The Morgan fingerprint density at radius 1 is 1.64 bits per heavy atom. The van der Waals surface area contributed by atoms with Crippen LogP contribution in [-0.2, 0) is 11.3 Å². The molecule has 1 aromatic rings. The van der Waals surface area contributed by atoms with E-state index in [2.05, 4.69) is 28.1 Å². The average Bonchev–Trinajstić information content (AvgIpc) is 2.57. The smallest absolute Gasteiger partial charge is 0.450 e.